The number of benzene rings is 1. The zero-order valence-corrected chi connectivity index (χ0v) is 13.7. The SMILES string of the molecule is CC(C)C(C)NC(=O)C1COc2ccc(S(=O)(=O)Cl)cc21. The number of ether oxygens (including phenoxy) is 1. The molecule has 1 N–H and O–H groups in total. The molecular formula is C14H18ClNO4S. The van der Waals surface area contributed by atoms with E-state index in [-0.39, 0.29) is 23.5 Å². The topological polar surface area (TPSA) is 72.5 Å². The molecule has 1 aromatic carbocycles. The van der Waals surface area contributed by atoms with Gasteiger partial charge in [-0.2, -0.15) is 0 Å². The largest absolute Gasteiger partial charge is 0.492 e. The maximum absolute atomic E-state index is 12.3. The molecule has 0 spiro atoms. The Kier molecular flexibility index (Phi) is 4.49. The number of rotatable bonds is 4. The summed E-state index contributed by atoms with van der Waals surface area (Å²) in [7, 11) is 1.52. The maximum Gasteiger partial charge on any atom is 0.261 e. The van der Waals surface area contributed by atoms with Crippen molar-refractivity contribution in [1.29, 1.82) is 0 Å². The lowest BCUT2D eigenvalue weighted by Crippen LogP contribution is -2.39. The molecule has 0 aliphatic carbocycles. The minimum absolute atomic E-state index is 0.0249. The van der Waals surface area contributed by atoms with Crippen molar-refractivity contribution in [2.75, 3.05) is 6.61 Å². The van der Waals surface area contributed by atoms with E-state index < -0.39 is 15.0 Å². The van der Waals surface area contributed by atoms with Crippen molar-refractivity contribution in [2.24, 2.45) is 5.92 Å². The summed E-state index contributed by atoms with van der Waals surface area (Å²) in [5, 5.41) is 2.92. The van der Waals surface area contributed by atoms with Gasteiger partial charge in [0.05, 0.1) is 4.90 Å². The van der Waals surface area contributed by atoms with E-state index in [1.807, 2.05) is 20.8 Å². The first-order chi connectivity index (χ1) is 9.70. The van der Waals surface area contributed by atoms with Gasteiger partial charge in [0.15, 0.2) is 0 Å². The van der Waals surface area contributed by atoms with Crippen molar-refractivity contribution in [3.63, 3.8) is 0 Å². The Labute approximate surface area is 129 Å². The number of fused-ring (bicyclic) bond motifs is 1. The zero-order chi connectivity index (χ0) is 15.8. The number of carbonyl (C=O) groups excluding carboxylic acids is 1. The normalized spacial score (nSPS) is 19.0. The van der Waals surface area contributed by atoms with Gasteiger partial charge in [0.25, 0.3) is 9.05 Å². The fourth-order valence-electron chi connectivity index (χ4n) is 2.05. The number of carbonyl (C=O) groups is 1. The highest BCUT2D eigenvalue weighted by atomic mass is 35.7. The molecule has 2 rings (SSSR count). The second-order valence-electron chi connectivity index (χ2n) is 5.54. The Hall–Kier alpha value is -1.27. The van der Waals surface area contributed by atoms with E-state index in [2.05, 4.69) is 5.32 Å². The second-order valence-corrected chi connectivity index (χ2v) is 8.11. The van der Waals surface area contributed by atoms with Gasteiger partial charge < -0.3 is 10.1 Å². The summed E-state index contributed by atoms with van der Waals surface area (Å²) in [6, 6.07) is 4.35. The van der Waals surface area contributed by atoms with Gasteiger partial charge >= 0.3 is 0 Å². The van der Waals surface area contributed by atoms with E-state index in [4.69, 9.17) is 15.4 Å². The minimum atomic E-state index is -3.83. The van der Waals surface area contributed by atoms with Gasteiger partial charge in [-0.15, -0.1) is 0 Å². The molecule has 0 fully saturated rings. The van der Waals surface area contributed by atoms with Crippen molar-refractivity contribution in [3.8, 4) is 5.75 Å². The molecular weight excluding hydrogens is 314 g/mol. The van der Waals surface area contributed by atoms with Crippen molar-refractivity contribution >= 4 is 25.6 Å². The highest BCUT2D eigenvalue weighted by Crippen LogP contribution is 2.36. The van der Waals surface area contributed by atoms with Crippen LogP contribution in [0.3, 0.4) is 0 Å². The number of nitrogens with one attached hydrogen (secondary N) is 1. The van der Waals surface area contributed by atoms with Crippen LogP contribution < -0.4 is 10.1 Å². The Morgan fingerprint density at radius 1 is 1.38 bits per heavy atom. The van der Waals surface area contributed by atoms with E-state index in [0.29, 0.717) is 17.2 Å². The molecule has 1 heterocycles. The first-order valence-corrected chi connectivity index (χ1v) is 9.03. The van der Waals surface area contributed by atoms with Gasteiger partial charge in [-0.1, -0.05) is 13.8 Å². The van der Waals surface area contributed by atoms with Gasteiger partial charge in [-0.25, -0.2) is 8.42 Å². The van der Waals surface area contributed by atoms with Gasteiger partial charge in [0.2, 0.25) is 5.91 Å². The second kappa shape index (κ2) is 5.85. The van der Waals surface area contributed by atoms with E-state index in [1.54, 1.807) is 0 Å². The lowest BCUT2D eigenvalue weighted by atomic mass is 9.99. The number of hydrogen-bond acceptors (Lipinski definition) is 4. The Morgan fingerprint density at radius 3 is 2.62 bits per heavy atom. The molecule has 0 saturated heterocycles. The standard InChI is InChI=1S/C14H18ClNO4S/c1-8(2)9(3)16-14(17)12-7-20-13-5-4-10(6-11(12)13)21(15,18)19/h4-6,8-9,12H,7H2,1-3H3,(H,16,17). The molecule has 0 radical (unpaired) electrons. The fraction of sp³-hybridized carbons (Fsp3) is 0.500. The highest BCUT2D eigenvalue weighted by molar-refractivity contribution is 8.13. The number of hydrogen-bond donors (Lipinski definition) is 1. The fourth-order valence-corrected chi connectivity index (χ4v) is 2.84. The predicted octanol–water partition coefficient (Wildman–Crippen LogP) is 2.25. The summed E-state index contributed by atoms with van der Waals surface area (Å²) >= 11 is 0. The predicted molar refractivity (Wildman–Crippen MR) is 80.2 cm³/mol. The van der Waals surface area contributed by atoms with E-state index in [0.717, 1.165) is 0 Å². The Bertz CT molecular complexity index is 657. The van der Waals surface area contributed by atoms with E-state index >= 15 is 0 Å². The van der Waals surface area contributed by atoms with Crippen molar-refractivity contribution in [1.82, 2.24) is 5.32 Å². The lowest BCUT2D eigenvalue weighted by molar-refractivity contribution is -0.123. The van der Waals surface area contributed by atoms with Crippen LogP contribution in [0.5, 0.6) is 5.75 Å². The van der Waals surface area contributed by atoms with Crippen LogP contribution in [-0.2, 0) is 13.8 Å². The van der Waals surface area contributed by atoms with Crippen LogP contribution in [0.4, 0.5) is 0 Å². The van der Waals surface area contributed by atoms with Gasteiger partial charge in [-0.3, -0.25) is 4.79 Å². The average molecular weight is 332 g/mol. The van der Waals surface area contributed by atoms with E-state index in [9.17, 15) is 13.2 Å². The third-order valence-electron chi connectivity index (χ3n) is 3.73. The first kappa shape index (κ1) is 16.1. The lowest BCUT2D eigenvalue weighted by Gasteiger charge is -2.19. The summed E-state index contributed by atoms with van der Waals surface area (Å²) in [6.07, 6.45) is 0. The summed E-state index contributed by atoms with van der Waals surface area (Å²) in [5.74, 6) is 0.153. The Balaban J connectivity index is 2.26. The van der Waals surface area contributed by atoms with Crippen LogP contribution in [0, 0.1) is 5.92 Å². The van der Waals surface area contributed by atoms with Crippen LogP contribution in [0.1, 0.15) is 32.3 Å². The molecule has 5 nitrogen and oxygen atoms in total. The number of halogens is 1. The van der Waals surface area contributed by atoms with Crippen LogP contribution in [0.2, 0.25) is 0 Å². The summed E-state index contributed by atoms with van der Waals surface area (Å²) < 4.78 is 28.2. The average Bonchev–Trinajstić information content (AvgIpc) is 2.80. The monoisotopic (exact) mass is 331 g/mol. The maximum atomic E-state index is 12.3. The van der Waals surface area contributed by atoms with Crippen molar-refractivity contribution in [2.45, 2.75) is 37.6 Å². The molecule has 2 unspecified atom stereocenters. The molecule has 1 aliphatic heterocycles. The van der Waals surface area contributed by atoms with Crippen LogP contribution in [-0.4, -0.2) is 27.0 Å². The third-order valence-corrected chi connectivity index (χ3v) is 5.08. The van der Waals surface area contributed by atoms with Crippen molar-refractivity contribution in [3.05, 3.63) is 23.8 Å². The summed E-state index contributed by atoms with van der Waals surface area (Å²) in [5.41, 5.74) is 0.560. The minimum Gasteiger partial charge on any atom is -0.492 e. The molecule has 0 bridgehead atoms. The smallest absolute Gasteiger partial charge is 0.261 e. The Morgan fingerprint density at radius 2 is 2.05 bits per heavy atom. The number of amides is 1. The molecule has 2 atom stereocenters. The van der Waals surface area contributed by atoms with Crippen LogP contribution in [0.15, 0.2) is 23.1 Å². The zero-order valence-electron chi connectivity index (χ0n) is 12.1. The summed E-state index contributed by atoms with van der Waals surface area (Å²) in [6.45, 7) is 6.17. The molecule has 1 aliphatic rings. The van der Waals surface area contributed by atoms with E-state index in [1.165, 1.54) is 18.2 Å². The molecule has 21 heavy (non-hydrogen) atoms. The molecule has 116 valence electrons. The molecule has 0 aromatic heterocycles. The highest BCUT2D eigenvalue weighted by Gasteiger charge is 2.32. The quantitative estimate of drug-likeness (QED) is 0.859. The van der Waals surface area contributed by atoms with Crippen molar-refractivity contribution < 1.29 is 17.9 Å². The van der Waals surface area contributed by atoms with Crippen LogP contribution >= 0.6 is 10.7 Å². The first-order valence-electron chi connectivity index (χ1n) is 6.72. The summed E-state index contributed by atoms with van der Waals surface area (Å²) in [4.78, 5) is 12.3. The third kappa shape index (κ3) is 3.49. The van der Waals surface area contributed by atoms with Gasteiger partial charge in [0, 0.05) is 22.3 Å². The van der Waals surface area contributed by atoms with Gasteiger partial charge in [-0.05, 0) is 31.0 Å². The van der Waals surface area contributed by atoms with Gasteiger partial charge in [0.1, 0.15) is 18.3 Å². The molecule has 1 amide bonds. The molecule has 7 heteroatoms. The molecule has 1 aromatic rings. The van der Waals surface area contributed by atoms with Crippen LogP contribution in [0.25, 0.3) is 0 Å². The molecule has 0 saturated carbocycles.